The molecule has 1 aromatic carbocycles. The number of ether oxygens (including phenoxy) is 3. The van der Waals surface area contributed by atoms with Gasteiger partial charge in [-0.25, -0.2) is 0 Å². The first-order valence-electron chi connectivity index (χ1n) is 8.32. The lowest BCUT2D eigenvalue weighted by atomic mass is 10.2. The van der Waals surface area contributed by atoms with Gasteiger partial charge in [0.15, 0.2) is 11.5 Å². The van der Waals surface area contributed by atoms with E-state index in [0.717, 1.165) is 23.1 Å². The third kappa shape index (κ3) is 5.26. The number of hydrogen-bond donors (Lipinski definition) is 0. The first-order chi connectivity index (χ1) is 12.9. The summed E-state index contributed by atoms with van der Waals surface area (Å²) in [5, 5.41) is -0.511. The zero-order valence-electron chi connectivity index (χ0n) is 15.2. The Balaban J connectivity index is 2.31. The van der Waals surface area contributed by atoms with E-state index in [-0.39, 0.29) is 4.91 Å². The molecule has 146 valence electrons. The van der Waals surface area contributed by atoms with Gasteiger partial charge < -0.3 is 14.2 Å². The van der Waals surface area contributed by atoms with Crippen molar-refractivity contribution < 1.29 is 28.6 Å². The van der Waals surface area contributed by atoms with E-state index in [1.807, 2.05) is 13.8 Å². The molecule has 0 unspecified atom stereocenters. The van der Waals surface area contributed by atoms with E-state index in [1.165, 1.54) is 7.11 Å². The molecule has 0 saturated carbocycles. The standard InChI is InChI=1S/C18H20BrNO6S/c1-4-6-26-16-12(19)7-11(8-13(16)25-5-2)9-14-17(22)20(18(23)27-14)10-15(21)24-3/h7-9H,4-6,10H2,1-3H3/b14-9-. The Labute approximate surface area is 170 Å². The molecule has 0 spiro atoms. The summed E-state index contributed by atoms with van der Waals surface area (Å²) in [5.41, 5.74) is 0.665. The number of benzene rings is 1. The van der Waals surface area contributed by atoms with Gasteiger partial charge in [-0.15, -0.1) is 0 Å². The Hall–Kier alpha value is -2.00. The number of amides is 2. The number of hydrogen-bond acceptors (Lipinski definition) is 7. The van der Waals surface area contributed by atoms with Gasteiger partial charge in [0, 0.05) is 0 Å². The van der Waals surface area contributed by atoms with E-state index >= 15 is 0 Å². The molecule has 0 bridgehead atoms. The molecule has 1 heterocycles. The van der Waals surface area contributed by atoms with Crippen molar-refractivity contribution in [2.75, 3.05) is 26.9 Å². The maximum Gasteiger partial charge on any atom is 0.325 e. The van der Waals surface area contributed by atoms with Crippen molar-refractivity contribution in [1.29, 1.82) is 0 Å². The van der Waals surface area contributed by atoms with Crippen LogP contribution in [0.15, 0.2) is 21.5 Å². The number of nitrogens with zero attached hydrogens (tertiary/aromatic N) is 1. The third-order valence-corrected chi connectivity index (χ3v) is 4.96. The van der Waals surface area contributed by atoms with Crippen molar-refractivity contribution in [3.05, 3.63) is 27.1 Å². The summed E-state index contributed by atoms with van der Waals surface area (Å²) in [6.07, 6.45) is 2.44. The average molecular weight is 458 g/mol. The summed E-state index contributed by atoms with van der Waals surface area (Å²) in [4.78, 5) is 36.9. The van der Waals surface area contributed by atoms with Crippen molar-refractivity contribution >= 4 is 50.9 Å². The van der Waals surface area contributed by atoms with Gasteiger partial charge in [0.05, 0.1) is 29.7 Å². The van der Waals surface area contributed by atoms with E-state index in [2.05, 4.69) is 20.7 Å². The summed E-state index contributed by atoms with van der Waals surface area (Å²) in [6, 6.07) is 3.52. The SMILES string of the molecule is CCCOc1c(Br)cc(/C=C2\SC(=O)N(CC(=O)OC)C2=O)cc1OCC. The molecule has 0 atom stereocenters. The minimum atomic E-state index is -0.655. The molecule has 0 aliphatic carbocycles. The van der Waals surface area contributed by atoms with Gasteiger partial charge in [-0.1, -0.05) is 6.92 Å². The van der Waals surface area contributed by atoms with Crippen LogP contribution < -0.4 is 9.47 Å². The van der Waals surface area contributed by atoms with Crippen LogP contribution in [0.25, 0.3) is 6.08 Å². The highest BCUT2D eigenvalue weighted by Crippen LogP contribution is 2.39. The molecule has 7 nitrogen and oxygen atoms in total. The van der Waals surface area contributed by atoms with Crippen molar-refractivity contribution in [3.8, 4) is 11.5 Å². The maximum absolute atomic E-state index is 12.4. The molecule has 1 aromatic rings. The van der Waals surface area contributed by atoms with E-state index in [9.17, 15) is 14.4 Å². The van der Waals surface area contributed by atoms with Crippen molar-refractivity contribution in [2.24, 2.45) is 0 Å². The molecule has 9 heteroatoms. The highest BCUT2D eigenvalue weighted by molar-refractivity contribution is 9.10. The zero-order valence-corrected chi connectivity index (χ0v) is 17.6. The normalized spacial score (nSPS) is 15.4. The fourth-order valence-electron chi connectivity index (χ4n) is 2.26. The van der Waals surface area contributed by atoms with Crippen LogP contribution in [-0.4, -0.2) is 48.9 Å². The van der Waals surface area contributed by atoms with Gasteiger partial charge in [-0.2, -0.15) is 0 Å². The number of imide groups is 1. The largest absolute Gasteiger partial charge is 0.490 e. The Bertz CT molecular complexity index is 779. The predicted octanol–water partition coefficient (Wildman–Crippen LogP) is 3.85. The van der Waals surface area contributed by atoms with Crippen molar-refractivity contribution in [1.82, 2.24) is 4.90 Å². The van der Waals surface area contributed by atoms with Gasteiger partial charge in [-0.05, 0) is 64.8 Å². The molecule has 1 fully saturated rings. The third-order valence-electron chi connectivity index (χ3n) is 3.47. The number of methoxy groups -OCH3 is 1. The molecular weight excluding hydrogens is 438 g/mol. The van der Waals surface area contributed by atoms with Crippen molar-refractivity contribution in [2.45, 2.75) is 20.3 Å². The predicted molar refractivity (Wildman–Crippen MR) is 106 cm³/mol. The second-order valence-electron chi connectivity index (χ2n) is 5.46. The molecule has 1 aliphatic heterocycles. The molecule has 0 aromatic heterocycles. The van der Waals surface area contributed by atoms with Crippen molar-refractivity contribution in [3.63, 3.8) is 0 Å². The fourth-order valence-corrected chi connectivity index (χ4v) is 3.67. The molecular formula is C18H20BrNO6S. The maximum atomic E-state index is 12.4. The molecule has 0 radical (unpaired) electrons. The van der Waals surface area contributed by atoms with E-state index < -0.39 is 23.7 Å². The van der Waals surface area contributed by atoms with Gasteiger partial charge >= 0.3 is 5.97 Å². The van der Waals surface area contributed by atoms with Crippen LogP contribution in [0.2, 0.25) is 0 Å². The summed E-state index contributed by atoms with van der Waals surface area (Å²) < 4.78 is 16.6. The summed E-state index contributed by atoms with van der Waals surface area (Å²) in [7, 11) is 1.20. The summed E-state index contributed by atoms with van der Waals surface area (Å²) in [5.74, 6) is -0.0526. The summed E-state index contributed by atoms with van der Waals surface area (Å²) in [6.45, 7) is 4.46. The number of esters is 1. The second kappa shape index (κ2) is 9.80. The lowest BCUT2D eigenvalue weighted by Crippen LogP contribution is -2.34. The number of thioether (sulfide) groups is 1. The molecule has 1 saturated heterocycles. The molecule has 2 rings (SSSR count). The van der Waals surface area contributed by atoms with Gasteiger partial charge in [0.2, 0.25) is 0 Å². The van der Waals surface area contributed by atoms with Crippen LogP contribution in [0.5, 0.6) is 11.5 Å². The topological polar surface area (TPSA) is 82.1 Å². The number of carbonyl (C=O) groups excluding carboxylic acids is 3. The molecule has 27 heavy (non-hydrogen) atoms. The smallest absolute Gasteiger partial charge is 0.325 e. The first-order valence-corrected chi connectivity index (χ1v) is 9.93. The number of rotatable bonds is 8. The van der Waals surface area contributed by atoms with Crippen LogP contribution >= 0.6 is 27.7 Å². The lowest BCUT2D eigenvalue weighted by molar-refractivity contribution is -0.143. The lowest BCUT2D eigenvalue weighted by Gasteiger charge is -2.14. The molecule has 0 N–H and O–H groups in total. The fraction of sp³-hybridized carbons (Fsp3) is 0.389. The Morgan fingerprint density at radius 2 is 2.00 bits per heavy atom. The summed E-state index contributed by atoms with van der Waals surface area (Å²) >= 11 is 4.24. The minimum absolute atomic E-state index is 0.223. The highest BCUT2D eigenvalue weighted by Gasteiger charge is 2.36. The number of carbonyl (C=O) groups is 3. The van der Waals surface area contributed by atoms with Crippen LogP contribution in [-0.2, 0) is 14.3 Å². The Morgan fingerprint density at radius 1 is 1.26 bits per heavy atom. The average Bonchev–Trinajstić information content (AvgIpc) is 2.88. The van der Waals surface area contributed by atoms with Gasteiger partial charge in [0.25, 0.3) is 11.1 Å². The minimum Gasteiger partial charge on any atom is -0.490 e. The number of halogens is 1. The second-order valence-corrected chi connectivity index (χ2v) is 7.30. The zero-order chi connectivity index (χ0) is 20.0. The van der Waals surface area contributed by atoms with Crippen LogP contribution in [0.4, 0.5) is 4.79 Å². The van der Waals surface area contributed by atoms with Crippen LogP contribution in [0.3, 0.4) is 0 Å². The van der Waals surface area contributed by atoms with E-state index in [0.29, 0.717) is 34.7 Å². The highest BCUT2D eigenvalue weighted by atomic mass is 79.9. The van der Waals surface area contributed by atoms with E-state index in [1.54, 1.807) is 18.2 Å². The first kappa shape index (κ1) is 21.3. The van der Waals surface area contributed by atoms with Crippen LogP contribution in [0.1, 0.15) is 25.8 Å². The Morgan fingerprint density at radius 3 is 2.63 bits per heavy atom. The van der Waals surface area contributed by atoms with Crippen LogP contribution in [0, 0.1) is 0 Å². The van der Waals surface area contributed by atoms with Gasteiger partial charge in [-0.3, -0.25) is 19.3 Å². The quantitative estimate of drug-likeness (QED) is 0.432. The molecule has 2 amide bonds. The molecule has 1 aliphatic rings. The van der Waals surface area contributed by atoms with Gasteiger partial charge in [0.1, 0.15) is 6.54 Å². The Kier molecular flexibility index (Phi) is 7.73. The monoisotopic (exact) mass is 457 g/mol. The van der Waals surface area contributed by atoms with E-state index in [4.69, 9.17) is 9.47 Å².